The number of ether oxygens (including phenoxy) is 1. The van der Waals surface area contributed by atoms with E-state index in [2.05, 4.69) is 4.72 Å². The van der Waals surface area contributed by atoms with Gasteiger partial charge in [-0.3, -0.25) is 0 Å². The van der Waals surface area contributed by atoms with Gasteiger partial charge in [-0.2, -0.15) is 0 Å². The molecule has 1 atom stereocenters. The number of hydrogen-bond donors (Lipinski definition) is 2. The number of phenolic OH excluding ortho intramolecular Hbond substituents is 1. The zero-order valence-corrected chi connectivity index (χ0v) is 11.6. The number of sulfonamides is 1. The third-order valence-corrected chi connectivity index (χ3v) is 4.15. The summed E-state index contributed by atoms with van der Waals surface area (Å²) in [6.07, 6.45) is 0. The van der Waals surface area contributed by atoms with Gasteiger partial charge in [-0.25, -0.2) is 13.1 Å². The van der Waals surface area contributed by atoms with E-state index < -0.39 is 10.0 Å². The summed E-state index contributed by atoms with van der Waals surface area (Å²) in [5, 5.41) is 9.58. The van der Waals surface area contributed by atoms with Crippen molar-refractivity contribution in [3.63, 3.8) is 0 Å². The van der Waals surface area contributed by atoms with Gasteiger partial charge < -0.3 is 9.84 Å². The van der Waals surface area contributed by atoms with Crippen molar-refractivity contribution in [3.8, 4) is 5.75 Å². The highest BCUT2D eigenvalue weighted by atomic mass is 32.2. The molecule has 0 radical (unpaired) electrons. The minimum absolute atomic E-state index is 0.0885. The topological polar surface area (TPSA) is 75.6 Å². The van der Waals surface area contributed by atoms with Crippen molar-refractivity contribution in [2.24, 2.45) is 5.92 Å². The van der Waals surface area contributed by atoms with E-state index in [0.717, 1.165) is 0 Å². The number of aromatic hydroxyl groups is 1. The van der Waals surface area contributed by atoms with Crippen LogP contribution in [0, 0.1) is 5.92 Å². The van der Waals surface area contributed by atoms with E-state index in [4.69, 9.17) is 4.74 Å². The Hall–Kier alpha value is -1.11. The Balaban J connectivity index is 2.97. The smallest absolute Gasteiger partial charge is 0.244 e. The van der Waals surface area contributed by atoms with Crippen LogP contribution < -0.4 is 4.72 Å². The Labute approximate surface area is 108 Å². The predicted octanol–water partition coefficient (Wildman–Crippen LogP) is 1.34. The third kappa shape index (κ3) is 3.69. The summed E-state index contributed by atoms with van der Waals surface area (Å²) in [6, 6.07) is 5.51. The van der Waals surface area contributed by atoms with Gasteiger partial charge in [0.05, 0.1) is 6.61 Å². The average Bonchev–Trinajstić information content (AvgIpc) is 2.28. The number of benzene rings is 1. The molecule has 1 rings (SSSR count). The highest BCUT2D eigenvalue weighted by Gasteiger charge is 2.24. The highest BCUT2D eigenvalue weighted by Crippen LogP contribution is 2.22. The zero-order chi connectivity index (χ0) is 13.8. The second-order valence-electron chi connectivity index (χ2n) is 4.39. The number of phenols is 1. The van der Waals surface area contributed by atoms with Gasteiger partial charge in [-0.05, 0) is 18.1 Å². The van der Waals surface area contributed by atoms with E-state index >= 15 is 0 Å². The number of para-hydroxylation sites is 1. The molecule has 0 amide bonds. The molecule has 18 heavy (non-hydrogen) atoms. The van der Waals surface area contributed by atoms with Crippen LogP contribution in [0.2, 0.25) is 0 Å². The summed E-state index contributed by atoms with van der Waals surface area (Å²) in [7, 11) is -2.22. The summed E-state index contributed by atoms with van der Waals surface area (Å²) >= 11 is 0. The van der Waals surface area contributed by atoms with Crippen LogP contribution in [0.1, 0.15) is 13.8 Å². The molecule has 0 saturated heterocycles. The SMILES string of the molecule is COCC(NS(=O)(=O)c1ccccc1O)C(C)C. The molecule has 0 saturated carbocycles. The van der Waals surface area contributed by atoms with E-state index in [9.17, 15) is 13.5 Å². The molecule has 0 aliphatic heterocycles. The number of nitrogens with one attached hydrogen (secondary N) is 1. The maximum atomic E-state index is 12.1. The van der Waals surface area contributed by atoms with Gasteiger partial charge in [-0.15, -0.1) is 0 Å². The Bertz CT molecular complexity index is 485. The molecule has 0 fully saturated rings. The molecule has 0 heterocycles. The second-order valence-corrected chi connectivity index (χ2v) is 6.08. The Morgan fingerprint density at radius 2 is 1.94 bits per heavy atom. The van der Waals surface area contributed by atoms with Crippen LogP contribution in [0.25, 0.3) is 0 Å². The first kappa shape index (κ1) is 14.9. The Morgan fingerprint density at radius 3 is 2.44 bits per heavy atom. The lowest BCUT2D eigenvalue weighted by Crippen LogP contribution is -2.41. The van der Waals surface area contributed by atoms with Gasteiger partial charge in [0.2, 0.25) is 10.0 Å². The molecule has 0 spiro atoms. The van der Waals surface area contributed by atoms with E-state index in [-0.39, 0.29) is 29.2 Å². The maximum absolute atomic E-state index is 12.1. The van der Waals surface area contributed by atoms with Crippen LogP contribution in [0.5, 0.6) is 5.75 Å². The number of methoxy groups -OCH3 is 1. The summed E-state index contributed by atoms with van der Waals surface area (Å²) in [6.45, 7) is 4.08. The Morgan fingerprint density at radius 1 is 1.33 bits per heavy atom. The molecule has 0 bridgehead atoms. The zero-order valence-electron chi connectivity index (χ0n) is 10.8. The first-order chi connectivity index (χ1) is 8.38. The summed E-state index contributed by atoms with van der Waals surface area (Å²) in [5.74, 6) is -0.171. The first-order valence-corrected chi connectivity index (χ1v) is 7.16. The fraction of sp³-hybridized carbons (Fsp3) is 0.500. The molecule has 0 aliphatic carbocycles. The molecule has 1 aromatic rings. The predicted molar refractivity (Wildman–Crippen MR) is 68.9 cm³/mol. The molecule has 1 unspecified atom stereocenters. The van der Waals surface area contributed by atoms with Crippen molar-refractivity contribution in [1.82, 2.24) is 4.72 Å². The van der Waals surface area contributed by atoms with E-state index in [1.165, 1.54) is 19.2 Å². The fourth-order valence-electron chi connectivity index (χ4n) is 1.49. The Kier molecular flexibility index (Phi) is 5.13. The van der Waals surface area contributed by atoms with Crippen LogP contribution in [-0.2, 0) is 14.8 Å². The van der Waals surface area contributed by atoms with Gasteiger partial charge in [0, 0.05) is 13.2 Å². The lowest BCUT2D eigenvalue weighted by atomic mass is 10.1. The van der Waals surface area contributed by atoms with Gasteiger partial charge in [0.15, 0.2) is 0 Å². The van der Waals surface area contributed by atoms with E-state index in [1.54, 1.807) is 12.1 Å². The van der Waals surface area contributed by atoms with E-state index in [0.29, 0.717) is 0 Å². The molecule has 1 aromatic carbocycles. The van der Waals surface area contributed by atoms with Crippen molar-refractivity contribution < 1.29 is 18.3 Å². The largest absolute Gasteiger partial charge is 0.507 e. The van der Waals surface area contributed by atoms with Gasteiger partial charge in [0.1, 0.15) is 10.6 Å². The normalized spacial score (nSPS) is 13.8. The highest BCUT2D eigenvalue weighted by molar-refractivity contribution is 7.89. The van der Waals surface area contributed by atoms with Crippen molar-refractivity contribution in [3.05, 3.63) is 24.3 Å². The monoisotopic (exact) mass is 273 g/mol. The molecular weight excluding hydrogens is 254 g/mol. The van der Waals surface area contributed by atoms with Gasteiger partial charge >= 0.3 is 0 Å². The maximum Gasteiger partial charge on any atom is 0.244 e. The van der Waals surface area contributed by atoms with Crippen LogP contribution in [0.4, 0.5) is 0 Å². The van der Waals surface area contributed by atoms with Crippen molar-refractivity contribution in [2.45, 2.75) is 24.8 Å². The number of rotatable bonds is 6. The van der Waals surface area contributed by atoms with Gasteiger partial charge in [-0.1, -0.05) is 26.0 Å². The fourth-order valence-corrected chi connectivity index (χ4v) is 2.96. The molecule has 0 aromatic heterocycles. The van der Waals surface area contributed by atoms with Crippen LogP contribution >= 0.6 is 0 Å². The van der Waals surface area contributed by atoms with Gasteiger partial charge in [0.25, 0.3) is 0 Å². The average molecular weight is 273 g/mol. The summed E-state index contributed by atoms with van der Waals surface area (Å²) in [4.78, 5) is -0.119. The summed E-state index contributed by atoms with van der Waals surface area (Å²) < 4.78 is 31.8. The van der Waals surface area contributed by atoms with Crippen molar-refractivity contribution >= 4 is 10.0 Å². The third-order valence-electron chi connectivity index (χ3n) is 2.61. The minimum atomic E-state index is -3.74. The minimum Gasteiger partial charge on any atom is -0.507 e. The quantitative estimate of drug-likeness (QED) is 0.820. The van der Waals surface area contributed by atoms with Crippen LogP contribution in [0.3, 0.4) is 0 Å². The van der Waals surface area contributed by atoms with Crippen LogP contribution in [-0.4, -0.2) is 33.3 Å². The first-order valence-electron chi connectivity index (χ1n) is 5.67. The summed E-state index contributed by atoms with van der Waals surface area (Å²) in [5.41, 5.74) is 0. The molecule has 2 N–H and O–H groups in total. The lowest BCUT2D eigenvalue weighted by Gasteiger charge is -2.21. The lowest BCUT2D eigenvalue weighted by molar-refractivity contribution is 0.157. The number of hydrogen-bond acceptors (Lipinski definition) is 4. The van der Waals surface area contributed by atoms with E-state index in [1.807, 2.05) is 13.8 Å². The van der Waals surface area contributed by atoms with Crippen LogP contribution in [0.15, 0.2) is 29.2 Å². The molecule has 0 aliphatic rings. The molecule has 6 heteroatoms. The standard InChI is InChI=1S/C12H19NO4S/c1-9(2)10(8-17-3)13-18(15,16)12-7-5-4-6-11(12)14/h4-7,9-10,13-14H,8H2,1-3H3. The van der Waals surface area contributed by atoms with Crippen molar-refractivity contribution in [1.29, 1.82) is 0 Å². The second kappa shape index (κ2) is 6.17. The van der Waals surface area contributed by atoms with Crippen molar-refractivity contribution in [2.75, 3.05) is 13.7 Å². The molecule has 5 nitrogen and oxygen atoms in total. The molecule has 102 valence electrons. The molecular formula is C12H19NO4S.